The van der Waals surface area contributed by atoms with E-state index in [1.54, 1.807) is 39.3 Å². The number of hydrogen-bond donors (Lipinski definition) is 2. The maximum absolute atomic E-state index is 13.3. The molecule has 2 atom stereocenters. The maximum atomic E-state index is 13.3. The number of carbonyl (C=O) groups is 3. The minimum absolute atomic E-state index is 0.0536. The molecule has 1 aromatic rings. The van der Waals surface area contributed by atoms with Gasteiger partial charge in [0.15, 0.2) is 11.5 Å². The van der Waals surface area contributed by atoms with Gasteiger partial charge in [0.05, 0.1) is 32.4 Å². The van der Waals surface area contributed by atoms with Crippen molar-refractivity contribution in [3.05, 3.63) is 35.0 Å². The van der Waals surface area contributed by atoms with Crippen molar-refractivity contribution in [3.63, 3.8) is 0 Å². The van der Waals surface area contributed by atoms with Crippen molar-refractivity contribution in [1.29, 1.82) is 0 Å². The molecule has 0 spiro atoms. The Hall–Kier alpha value is -3.47. The summed E-state index contributed by atoms with van der Waals surface area (Å²) in [6.07, 6.45) is 0. The topological polar surface area (TPSA) is 113 Å². The van der Waals surface area contributed by atoms with E-state index < -0.39 is 12.0 Å². The molecule has 1 saturated heterocycles. The molecule has 0 saturated carbocycles. The highest BCUT2D eigenvalue weighted by molar-refractivity contribution is 5.95. The van der Waals surface area contributed by atoms with Crippen LogP contribution in [0, 0.1) is 0 Å². The van der Waals surface area contributed by atoms with Crippen LogP contribution in [0.1, 0.15) is 46.2 Å². The smallest absolute Gasteiger partial charge is 0.338 e. The summed E-state index contributed by atoms with van der Waals surface area (Å²) < 4.78 is 16.2. The lowest BCUT2D eigenvalue weighted by molar-refractivity contribution is -0.139. The lowest BCUT2D eigenvalue weighted by Gasteiger charge is -2.43. The summed E-state index contributed by atoms with van der Waals surface area (Å²) in [5, 5.41) is 5.96. The molecule has 2 aliphatic rings. The number of benzene rings is 1. The second-order valence-electron chi connectivity index (χ2n) is 10.6. The minimum atomic E-state index is -0.733. The van der Waals surface area contributed by atoms with E-state index in [0.29, 0.717) is 54.5 Å². The minimum Gasteiger partial charge on any atom is -0.493 e. The van der Waals surface area contributed by atoms with Crippen LogP contribution in [0.15, 0.2) is 29.5 Å². The van der Waals surface area contributed by atoms with E-state index in [9.17, 15) is 14.4 Å². The summed E-state index contributed by atoms with van der Waals surface area (Å²) in [6.45, 7) is 11.9. The summed E-state index contributed by atoms with van der Waals surface area (Å²) in [6, 6.07) is 4.07. The average Bonchev–Trinajstić information content (AvgIpc) is 2.85. The summed E-state index contributed by atoms with van der Waals surface area (Å²) in [7, 11) is 4.72. The number of likely N-dealkylation sites (N-methyl/N-ethyl adjacent to an activating group) is 1. The van der Waals surface area contributed by atoms with Crippen LogP contribution in [-0.2, 0) is 9.53 Å². The van der Waals surface area contributed by atoms with Gasteiger partial charge in [-0.05, 0) is 52.3 Å². The van der Waals surface area contributed by atoms with Crippen LogP contribution in [-0.4, -0.2) is 98.4 Å². The molecule has 0 radical (unpaired) electrons. The van der Waals surface area contributed by atoms with Gasteiger partial charge in [0.25, 0.3) is 0 Å². The van der Waals surface area contributed by atoms with Crippen LogP contribution in [0.4, 0.5) is 9.59 Å². The molecule has 2 aliphatic heterocycles. The molecule has 1 aromatic carbocycles. The van der Waals surface area contributed by atoms with Crippen molar-refractivity contribution in [2.24, 2.45) is 0 Å². The Kier molecular flexibility index (Phi) is 9.14. The normalized spacial score (nSPS) is 20.7. The van der Waals surface area contributed by atoms with Gasteiger partial charge in [0.2, 0.25) is 0 Å². The Bertz CT molecular complexity index is 1080. The zero-order valence-electron chi connectivity index (χ0n) is 23.7. The number of amides is 4. The molecule has 1 fully saturated rings. The van der Waals surface area contributed by atoms with E-state index in [2.05, 4.69) is 15.5 Å². The molecule has 11 heteroatoms. The molecule has 38 heavy (non-hydrogen) atoms. The van der Waals surface area contributed by atoms with E-state index in [0.717, 1.165) is 0 Å². The monoisotopic (exact) mass is 531 g/mol. The third kappa shape index (κ3) is 6.50. The zero-order valence-corrected chi connectivity index (χ0v) is 23.7. The second-order valence-corrected chi connectivity index (χ2v) is 10.6. The summed E-state index contributed by atoms with van der Waals surface area (Å²) in [5.74, 6) is 0.534. The lowest BCUT2D eigenvalue weighted by atomic mass is 9.93. The lowest BCUT2D eigenvalue weighted by Crippen LogP contribution is -2.59. The van der Waals surface area contributed by atoms with Crippen LogP contribution in [0.3, 0.4) is 0 Å². The molecule has 210 valence electrons. The van der Waals surface area contributed by atoms with Crippen LogP contribution in [0.25, 0.3) is 0 Å². The number of piperazine rings is 1. The van der Waals surface area contributed by atoms with E-state index >= 15 is 0 Å². The van der Waals surface area contributed by atoms with Gasteiger partial charge in [0, 0.05) is 50.5 Å². The number of carbonyl (C=O) groups excluding carboxylic acids is 3. The molecule has 0 aliphatic carbocycles. The first kappa shape index (κ1) is 29.1. The number of ether oxygens (including phenoxy) is 3. The highest BCUT2D eigenvalue weighted by Gasteiger charge is 2.39. The average molecular weight is 532 g/mol. The Balaban J connectivity index is 1.94. The standard InChI is InChI=1S/C27H41N5O6/c1-9-38-24(33)22-19(16-31-12-13-32(17(2)15-31)26(35)29-27(3,4)5)30(6)25(34)28-23(22)18-10-11-20(36-7)21(14-18)37-8/h10-11,14,17,23H,9,12-13,15-16H2,1-8H3,(H,28,34)(H,29,35)/t17-,23+/m0/s1. The highest BCUT2D eigenvalue weighted by atomic mass is 16.5. The Labute approximate surface area is 225 Å². The number of nitrogens with zero attached hydrogens (tertiary/aromatic N) is 3. The summed E-state index contributed by atoms with van der Waals surface area (Å²) in [4.78, 5) is 44.6. The molecule has 2 heterocycles. The van der Waals surface area contributed by atoms with E-state index in [4.69, 9.17) is 14.2 Å². The van der Waals surface area contributed by atoms with Crippen molar-refractivity contribution in [2.75, 3.05) is 54.1 Å². The predicted molar refractivity (Wildman–Crippen MR) is 143 cm³/mol. The van der Waals surface area contributed by atoms with Gasteiger partial charge in [-0.15, -0.1) is 0 Å². The van der Waals surface area contributed by atoms with E-state index in [1.165, 1.54) is 12.0 Å². The summed E-state index contributed by atoms with van der Waals surface area (Å²) >= 11 is 0. The molecule has 4 amide bonds. The van der Waals surface area contributed by atoms with E-state index in [-0.39, 0.29) is 30.2 Å². The van der Waals surface area contributed by atoms with Crippen molar-refractivity contribution >= 4 is 18.0 Å². The number of methoxy groups -OCH3 is 2. The quantitative estimate of drug-likeness (QED) is 0.520. The highest BCUT2D eigenvalue weighted by Crippen LogP contribution is 2.36. The fourth-order valence-corrected chi connectivity index (χ4v) is 4.76. The SMILES string of the molecule is CCOC(=O)C1=C(CN2CCN(C(=O)NC(C)(C)C)[C@@H](C)C2)N(C)C(=O)N[C@@H]1c1ccc(OC)c(OC)c1. The first-order valence-corrected chi connectivity index (χ1v) is 12.9. The largest absolute Gasteiger partial charge is 0.493 e. The molecule has 11 nitrogen and oxygen atoms in total. The van der Waals surface area contributed by atoms with Crippen molar-refractivity contribution < 1.29 is 28.6 Å². The fourth-order valence-electron chi connectivity index (χ4n) is 4.76. The van der Waals surface area contributed by atoms with Crippen LogP contribution >= 0.6 is 0 Å². The number of hydrogen-bond acceptors (Lipinski definition) is 7. The molecular formula is C27H41N5O6. The Morgan fingerprint density at radius 3 is 2.39 bits per heavy atom. The number of rotatable bonds is 7. The number of nitrogens with one attached hydrogen (secondary N) is 2. The first-order valence-electron chi connectivity index (χ1n) is 12.9. The van der Waals surface area contributed by atoms with Gasteiger partial charge in [-0.1, -0.05) is 6.07 Å². The van der Waals surface area contributed by atoms with Crippen molar-refractivity contribution in [3.8, 4) is 11.5 Å². The van der Waals surface area contributed by atoms with Gasteiger partial charge in [-0.25, -0.2) is 14.4 Å². The zero-order chi connectivity index (χ0) is 28.2. The van der Waals surface area contributed by atoms with Gasteiger partial charge < -0.3 is 29.7 Å². The molecule has 0 aromatic heterocycles. The first-order chi connectivity index (χ1) is 17.9. The van der Waals surface area contributed by atoms with E-state index in [1.807, 2.05) is 32.6 Å². The van der Waals surface area contributed by atoms with Crippen LogP contribution < -0.4 is 20.1 Å². The molecule has 3 rings (SSSR count). The van der Waals surface area contributed by atoms with Gasteiger partial charge in [-0.3, -0.25) is 9.80 Å². The Morgan fingerprint density at radius 2 is 1.82 bits per heavy atom. The Morgan fingerprint density at radius 1 is 1.13 bits per heavy atom. The van der Waals surface area contributed by atoms with Crippen LogP contribution in [0.2, 0.25) is 0 Å². The molecule has 0 unspecified atom stereocenters. The van der Waals surface area contributed by atoms with Crippen molar-refractivity contribution in [2.45, 2.75) is 52.2 Å². The molecule has 0 bridgehead atoms. The summed E-state index contributed by atoms with van der Waals surface area (Å²) in [5.41, 5.74) is 1.26. The number of urea groups is 2. The molecular weight excluding hydrogens is 490 g/mol. The van der Waals surface area contributed by atoms with Crippen molar-refractivity contribution in [1.82, 2.24) is 25.3 Å². The fraction of sp³-hybridized carbons (Fsp3) is 0.593. The second kappa shape index (κ2) is 11.9. The van der Waals surface area contributed by atoms with Gasteiger partial charge >= 0.3 is 18.0 Å². The van der Waals surface area contributed by atoms with Gasteiger partial charge in [0.1, 0.15) is 0 Å². The third-order valence-electron chi connectivity index (χ3n) is 6.64. The predicted octanol–water partition coefficient (Wildman–Crippen LogP) is 2.73. The molecule has 2 N–H and O–H groups in total. The number of esters is 1. The van der Waals surface area contributed by atoms with Gasteiger partial charge in [-0.2, -0.15) is 0 Å². The maximum Gasteiger partial charge on any atom is 0.338 e. The van der Waals surface area contributed by atoms with Crippen LogP contribution in [0.5, 0.6) is 11.5 Å². The third-order valence-corrected chi connectivity index (χ3v) is 6.64.